The van der Waals surface area contributed by atoms with Gasteiger partial charge in [0, 0.05) is 4.57 Å². The molecule has 1 unspecified atom stereocenters. The van der Waals surface area contributed by atoms with E-state index in [0.717, 1.165) is 5.56 Å². The molecule has 0 fully saturated rings. The van der Waals surface area contributed by atoms with E-state index in [1.165, 1.54) is 7.11 Å². The summed E-state index contributed by atoms with van der Waals surface area (Å²) in [5.41, 5.74) is 1.13. The lowest BCUT2D eigenvalue weighted by Crippen LogP contribution is -1.82. The molecule has 0 bridgehead atoms. The van der Waals surface area contributed by atoms with Crippen LogP contribution in [-0.2, 0) is 9.09 Å². The summed E-state index contributed by atoms with van der Waals surface area (Å²) in [6.45, 7) is 1.97. The maximum absolute atomic E-state index is 10.8. The SMILES string of the molecule is C.CO[P+](=O)Oc1ccc(C)cc1. The van der Waals surface area contributed by atoms with Gasteiger partial charge < -0.3 is 0 Å². The maximum Gasteiger partial charge on any atom is 0.749 e. The predicted molar refractivity (Wildman–Crippen MR) is 53.2 cm³/mol. The Labute approximate surface area is 79.6 Å². The van der Waals surface area contributed by atoms with Gasteiger partial charge in [0.15, 0.2) is 5.75 Å². The molecule has 0 saturated carbocycles. The molecule has 0 aromatic heterocycles. The second kappa shape index (κ2) is 5.68. The fourth-order valence-corrected chi connectivity index (χ4v) is 1.09. The van der Waals surface area contributed by atoms with Crippen LogP contribution in [-0.4, -0.2) is 7.11 Å². The van der Waals surface area contributed by atoms with Gasteiger partial charge in [0.05, 0.1) is 7.11 Å². The van der Waals surface area contributed by atoms with Gasteiger partial charge in [-0.05, 0) is 19.1 Å². The monoisotopic (exact) mass is 201 g/mol. The van der Waals surface area contributed by atoms with Crippen molar-refractivity contribution in [3.05, 3.63) is 29.8 Å². The largest absolute Gasteiger partial charge is 0.749 e. The molecule has 72 valence electrons. The van der Waals surface area contributed by atoms with Crippen LogP contribution in [0.2, 0.25) is 0 Å². The van der Waals surface area contributed by atoms with Crippen molar-refractivity contribution >= 4 is 8.25 Å². The fraction of sp³-hybridized carbons (Fsp3) is 0.333. The van der Waals surface area contributed by atoms with E-state index in [4.69, 9.17) is 4.52 Å². The van der Waals surface area contributed by atoms with Crippen LogP contribution in [0.25, 0.3) is 0 Å². The van der Waals surface area contributed by atoms with Gasteiger partial charge in [-0.25, -0.2) is 4.52 Å². The minimum Gasteiger partial charge on any atom is -0.229 e. The second-order valence-electron chi connectivity index (χ2n) is 2.31. The molecule has 1 aromatic carbocycles. The molecule has 0 heterocycles. The Bertz CT molecular complexity index is 269. The van der Waals surface area contributed by atoms with Crippen molar-refractivity contribution in [1.29, 1.82) is 0 Å². The number of benzene rings is 1. The van der Waals surface area contributed by atoms with E-state index < -0.39 is 8.25 Å². The zero-order valence-electron chi connectivity index (χ0n) is 6.98. The molecule has 0 saturated heterocycles. The van der Waals surface area contributed by atoms with Gasteiger partial charge >= 0.3 is 8.25 Å². The lowest BCUT2D eigenvalue weighted by atomic mass is 10.2. The van der Waals surface area contributed by atoms with Gasteiger partial charge in [0.1, 0.15) is 0 Å². The standard InChI is InChI=1S/C8H10O3P.CH4/c1-7-3-5-8(6-4-7)11-12(9)10-2;/h3-6H,1-2H3;1H4/q+1;. The van der Waals surface area contributed by atoms with Crippen LogP contribution in [0.1, 0.15) is 13.0 Å². The summed E-state index contributed by atoms with van der Waals surface area (Å²) in [6, 6.07) is 7.27. The third-order valence-corrected chi connectivity index (χ3v) is 2.01. The van der Waals surface area contributed by atoms with Crippen molar-refractivity contribution in [2.45, 2.75) is 14.4 Å². The van der Waals surface area contributed by atoms with Crippen molar-refractivity contribution in [2.24, 2.45) is 0 Å². The van der Waals surface area contributed by atoms with Gasteiger partial charge in [0.2, 0.25) is 0 Å². The molecule has 13 heavy (non-hydrogen) atoms. The topological polar surface area (TPSA) is 35.5 Å². The van der Waals surface area contributed by atoms with Crippen LogP contribution in [0.4, 0.5) is 0 Å². The zero-order chi connectivity index (χ0) is 8.97. The smallest absolute Gasteiger partial charge is 0.229 e. The Morgan fingerprint density at radius 1 is 1.23 bits per heavy atom. The summed E-state index contributed by atoms with van der Waals surface area (Å²) in [4.78, 5) is 0. The second-order valence-corrected chi connectivity index (χ2v) is 3.31. The normalized spacial score (nSPS) is 10.2. The van der Waals surface area contributed by atoms with E-state index in [0.29, 0.717) is 5.75 Å². The first-order valence-corrected chi connectivity index (χ1v) is 4.58. The fourth-order valence-electron chi connectivity index (χ4n) is 0.722. The molecule has 0 aliphatic rings. The van der Waals surface area contributed by atoms with Gasteiger partial charge in [-0.15, -0.1) is 4.52 Å². The minimum atomic E-state index is -2.01. The van der Waals surface area contributed by atoms with E-state index in [9.17, 15) is 4.57 Å². The summed E-state index contributed by atoms with van der Waals surface area (Å²) in [5.74, 6) is 0.559. The van der Waals surface area contributed by atoms with Crippen molar-refractivity contribution in [3.63, 3.8) is 0 Å². The van der Waals surface area contributed by atoms with Crippen LogP contribution < -0.4 is 4.52 Å². The maximum atomic E-state index is 10.8. The van der Waals surface area contributed by atoms with Gasteiger partial charge in [-0.1, -0.05) is 25.1 Å². The van der Waals surface area contributed by atoms with Crippen molar-refractivity contribution in [1.82, 2.24) is 0 Å². The number of rotatable bonds is 3. The molecule has 0 amide bonds. The van der Waals surface area contributed by atoms with E-state index in [1.807, 2.05) is 19.1 Å². The molecule has 4 heteroatoms. The first kappa shape index (κ1) is 12.1. The number of hydrogen-bond acceptors (Lipinski definition) is 3. The van der Waals surface area contributed by atoms with Gasteiger partial charge in [0.25, 0.3) is 0 Å². The highest BCUT2D eigenvalue weighted by molar-refractivity contribution is 7.33. The Hall–Kier alpha value is -0.920. The molecule has 0 N–H and O–H groups in total. The van der Waals surface area contributed by atoms with Crippen LogP contribution in [0, 0.1) is 6.92 Å². The Balaban J connectivity index is 0.00000144. The molecular formula is C9H14O3P+. The summed E-state index contributed by atoms with van der Waals surface area (Å²) >= 11 is 0. The van der Waals surface area contributed by atoms with E-state index >= 15 is 0 Å². The number of hydrogen-bond donors (Lipinski definition) is 0. The Morgan fingerprint density at radius 3 is 2.23 bits per heavy atom. The molecular weight excluding hydrogens is 187 g/mol. The summed E-state index contributed by atoms with van der Waals surface area (Å²) in [7, 11) is -0.674. The van der Waals surface area contributed by atoms with Crippen LogP contribution in [0.15, 0.2) is 24.3 Å². The highest BCUT2D eigenvalue weighted by atomic mass is 31.1. The van der Waals surface area contributed by atoms with Gasteiger partial charge in [-0.3, -0.25) is 0 Å². The first-order valence-electron chi connectivity index (χ1n) is 3.48. The van der Waals surface area contributed by atoms with Gasteiger partial charge in [-0.2, -0.15) is 0 Å². The predicted octanol–water partition coefficient (Wildman–Crippen LogP) is 3.31. The van der Waals surface area contributed by atoms with Crippen LogP contribution in [0.3, 0.4) is 0 Å². The van der Waals surface area contributed by atoms with Crippen molar-refractivity contribution in [3.8, 4) is 5.75 Å². The quantitative estimate of drug-likeness (QED) is 0.703. The average Bonchev–Trinajstić information content (AvgIpc) is 2.09. The molecule has 1 aromatic rings. The molecule has 1 atom stereocenters. The zero-order valence-corrected chi connectivity index (χ0v) is 7.88. The van der Waals surface area contributed by atoms with Crippen LogP contribution in [0.5, 0.6) is 5.75 Å². The number of aryl methyl sites for hydroxylation is 1. The molecule has 0 aliphatic carbocycles. The lowest BCUT2D eigenvalue weighted by molar-refractivity contribution is 0.349. The summed E-state index contributed by atoms with van der Waals surface area (Å²) < 4.78 is 20.1. The van der Waals surface area contributed by atoms with E-state index in [-0.39, 0.29) is 7.43 Å². The summed E-state index contributed by atoms with van der Waals surface area (Å²) in [6.07, 6.45) is 0. The van der Waals surface area contributed by atoms with Crippen molar-refractivity contribution < 1.29 is 13.6 Å². The molecule has 3 nitrogen and oxygen atoms in total. The lowest BCUT2D eigenvalue weighted by Gasteiger charge is -1.92. The molecule has 0 spiro atoms. The molecule has 0 aliphatic heterocycles. The van der Waals surface area contributed by atoms with Crippen molar-refractivity contribution in [2.75, 3.05) is 7.11 Å². The van der Waals surface area contributed by atoms with E-state index in [1.54, 1.807) is 12.1 Å². The minimum absolute atomic E-state index is 0. The van der Waals surface area contributed by atoms with E-state index in [2.05, 4.69) is 4.52 Å². The highest BCUT2D eigenvalue weighted by Gasteiger charge is 2.18. The first-order chi connectivity index (χ1) is 5.72. The molecule has 0 radical (unpaired) electrons. The van der Waals surface area contributed by atoms with Crippen LogP contribution >= 0.6 is 8.25 Å². The Morgan fingerprint density at radius 2 is 1.77 bits per heavy atom. The highest BCUT2D eigenvalue weighted by Crippen LogP contribution is 2.26. The molecule has 1 rings (SSSR count). The average molecular weight is 201 g/mol. The Kier molecular flexibility index (Phi) is 5.28. The third kappa shape index (κ3) is 4.02. The third-order valence-electron chi connectivity index (χ3n) is 1.35. The summed E-state index contributed by atoms with van der Waals surface area (Å²) in [5, 5.41) is 0.